The van der Waals surface area contributed by atoms with Gasteiger partial charge in [0.2, 0.25) is 0 Å². The van der Waals surface area contributed by atoms with Crippen LogP contribution in [0.15, 0.2) is 36.5 Å². The Bertz CT molecular complexity index is 567. The summed E-state index contributed by atoms with van der Waals surface area (Å²) in [6.07, 6.45) is 5.54. The van der Waals surface area contributed by atoms with E-state index in [0.717, 1.165) is 23.2 Å². The first-order valence-electron chi connectivity index (χ1n) is 7.86. The summed E-state index contributed by atoms with van der Waals surface area (Å²) in [5.41, 5.74) is 8.35. The van der Waals surface area contributed by atoms with Crippen molar-refractivity contribution in [3.63, 3.8) is 0 Å². The van der Waals surface area contributed by atoms with Crippen LogP contribution in [-0.4, -0.2) is 15.0 Å². The maximum atomic E-state index is 6.47. The van der Waals surface area contributed by atoms with Crippen LogP contribution in [0.2, 0.25) is 0 Å². The highest BCUT2D eigenvalue weighted by Gasteiger charge is 2.30. The Kier molecular flexibility index (Phi) is 4.06. The number of nitrogens with zero attached hydrogens (tertiary/aromatic N) is 3. The van der Waals surface area contributed by atoms with Gasteiger partial charge in [0.15, 0.2) is 0 Å². The molecule has 1 saturated carbocycles. The summed E-state index contributed by atoms with van der Waals surface area (Å²) in [5, 5.41) is 8.95. The summed E-state index contributed by atoms with van der Waals surface area (Å²) in [7, 11) is 0. The van der Waals surface area contributed by atoms with Gasteiger partial charge in [-0.2, -0.15) is 15.0 Å². The summed E-state index contributed by atoms with van der Waals surface area (Å²) < 4.78 is 0. The van der Waals surface area contributed by atoms with Crippen LogP contribution in [0.3, 0.4) is 0 Å². The average Bonchev–Trinajstić information content (AvgIpc) is 2.96. The van der Waals surface area contributed by atoms with Crippen LogP contribution in [0.5, 0.6) is 0 Å². The number of rotatable bonds is 3. The van der Waals surface area contributed by atoms with Crippen molar-refractivity contribution in [1.29, 1.82) is 0 Å². The fourth-order valence-electron chi connectivity index (χ4n) is 3.66. The largest absolute Gasteiger partial charge is 0.322 e. The molecular weight excluding hydrogens is 260 g/mol. The zero-order chi connectivity index (χ0) is 14.8. The molecular formula is C17H24N4. The zero-order valence-electron chi connectivity index (χ0n) is 12.8. The van der Waals surface area contributed by atoms with Crippen molar-refractivity contribution >= 4 is 0 Å². The van der Waals surface area contributed by atoms with Crippen LogP contribution >= 0.6 is 0 Å². The molecule has 2 N–H and O–H groups in total. The third-order valence-corrected chi connectivity index (χ3v) is 4.56. The van der Waals surface area contributed by atoms with Crippen molar-refractivity contribution in [2.75, 3.05) is 0 Å². The summed E-state index contributed by atoms with van der Waals surface area (Å²) in [4.78, 5) is 1.67. The summed E-state index contributed by atoms with van der Waals surface area (Å²) in [5.74, 6) is 2.03. The number of hydrogen-bond donors (Lipinski definition) is 1. The van der Waals surface area contributed by atoms with E-state index in [9.17, 15) is 0 Å². The minimum absolute atomic E-state index is 0.00679. The molecule has 4 heteroatoms. The highest BCUT2D eigenvalue weighted by Crippen LogP contribution is 2.38. The van der Waals surface area contributed by atoms with Crippen molar-refractivity contribution in [2.24, 2.45) is 23.5 Å². The molecule has 1 fully saturated rings. The Morgan fingerprint density at radius 3 is 2.43 bits per heavy atom. The minimum Gasteiger partial charge on any atom is -0.322 e. The molecule has 3 unspecified atom stereocenters. The van der Waals surface area contributed by atoms with Gasteiger partial charge in [0.05, 0.1) is 17.9 Å². The second-order valence-corrected chi connectivity index (χ2v) is 6.60. The number of benzene rings is 1. The topological polar surface area (TPSA) is 56.7 Å². The molecule has 1 aliphatic carbocycles. The van der Waals surface area contributed by atoms with E-state index in [4.69, 9.17) is 5.73 Å². The lowest BCUT2D eigenvalue weighted by molar-refractivity contribution is 0.191. The first kappa shape index (κ1) is 14.3. The molecule has 0 radical (unpaired) electrons. The maximum absolute atomic E-state index is 6.47. The van der Waals surface area contributed by atoms with E-state index in [-0.39, 0.29) is 6.04 Å². The first-order valence-corrected chi connectivity index (χ1v) is 7.86. The van der Waals surface area contributed by atoms with Crippen LogP contribution in [0.25, 0.3) is 5.69 Å². The van der Waals surface area contributed by atoms with E-state index < -0.39 is 0 Å². The van der Waals surface area contributed by atoms with E-state index in [1.165, 1.54) is 19.3 Å². The quantitative estimate of drug-likeness (QED) is 0.940. The molecule has 0 spiro atoms. The highest BCUT2D eigenvalue weighted by atomic mass is 15.5. The van der Waals surface area contributed by atoms with Crippen LogP contribution in [0.4, 0.5) is 0 Å². The third kappa shape index (κ3) is 3.16. The number of nitrogens with two attached hydrogens (primary N) is 1. The first-order chi connectivity index (χ1) is 10.1. The van der Waals surface area contributed by atoms with Crippen LogP contribution in [-0.2, 0) is 0 Å². The van der Waals surface area contributed by atoms with Crippen LogP contribution < -0.4 is 5.73 Å². The second-order valence-electron chi connectivity index (χ2n) is 6.60. The monoisotopic (exact) mass is 284 g/mol. The average molecular weight is 284 g/mol. The molecule has 0 amide bonds. The molecule has 0 aliphatic heterocycles. The van der Waals surface area contributed by atoms with Gasteiger partial charge >= 0.3 is 0 Å². The standard InChI is InChI=1S/C17H24N4/c1-12-8-13(2)10-14(9-12)17(18)16-11-19-21(20-16)15-6-4-3-5-7-15/h3-7,11-14,17H,8-10,18H2,1-2H3. The van der Waals surface area contributed by atoms with Gasteiger partial charge in [0.25, 0.3) is 0 Å². The molecule has 112 valence electrons. The van der Waals surface area contributed by atoms with Crippen molar-refractivity contribution in [3.05, 3.63) is 42.2 Å². The predicted octanol–water partition coefficient (Wildman–Crippen LogP) is 3.34. The predicted molar refractivity (Wildman–Crippen MR) is 84.0 cm³/mol. The molecule has 1 heterocycles. The normalized spacial score (nSPS) is 27.5. The van der Waals surface area contributed by atoms with Gasteiger partial charge in [-0.25, -0.2) is 0 Å². The lowest BCUT2D eigenvalue weighted by atomic mass is 9.73. The Hall–Kier alpha value is -1.68. The Balaban J connectivity index is 1.76. The highest BCUT2D eigenvalue weighted by molar-refractivity contribution is 5.28. The Morgan fingerprint density at radius 2 is 1.76 bits per heavy atom. The molecule has 1 aliphatic rings. The lowest BCUT2D eigenvalue weighted by Gasteiger charge is -2.34. The van der Waals surface area contributed by atoms with Crippen molar-refractivity contribution in [3.8, 4) is 5.69 Å². The second kappa shape index (κ2) is 5.98. The summed E-state index contributed by atoms with van der Waals surface area (Å²) in [6.45, 7) is 4.66. The van der Waals surface area contributed by atoms with Gasteiger partial charge in [-0.05, 0) is 49.1 Å². The number of hydrogen-bond acceptors (Lipinski definition) is 3. The van der Waals surface area contributed by atoms with Gasteiger partial charge in [-0.1, -0.05) is 32.0 Å². The van der Waals surface area contributed by atoms with Crippen LogP contribution in [0.1, 0.15) is 44.8 Å². The molecule has 1 aromatic carbocycles. The van der Waals surface area contributed by atoms with Gasteiger partial charge in [0, 0.05) is 0 Å². The number of aromatic nitrogens is 3. The van der Waals surface area contributed by atoms with E-state index in [2.05, 4.69) is 24.0 Å². The van der Waals surface area contributed by atoms with Crippen molar-refractivity contribution < 1.29 is 0 Å². The Morgan fingerprint density at radius 1 is 1.10 bits per heavy atom. The maximum Gasteiger partial charge on any atom is 0.100 e. The molecule has 1 aromatic heterocycles. The summed E-state index contributed by atoms with van der Waals surface area (Å²) in [6, 6.07) is 9.96. The smallest absolute Gasteiger partial charge is 0.100 e. The fraction of sp³-hybridized carbons (Fsp3) is 0.529. The summed E-state index contributed by atoms with van der Waals surface area (Å²) >= 11 is 0. The lowest BCUT2D eigenvalue weighted by Crippen LogP contribution is -2.29. The fourth-order valence-corrected chi connectivity index (χ4v) is 3.66. The van der Waals surface area contributed by atoms with E-state index in [1.807, 2.05) is 36.5 Å². The van der Waals surface area contributed by atoms with Crippen molar-refractivity contribution in [1.82, 2.24) is 15.0 Å². The zero-order valence-corrected chi connectivity index (χ0v) is 12.8. The molecule has 3 atom stereocenters. The van der Waals surface area contributed by atoms with Gasteiger partial charge < -0.3 is 5.73 Å². The molecule has 4 nitrogen and oxygen atoms in total. The molecule has 0 bridgehead atoms. The Labute approximate surface area is 126 Å². The molecule has 2 aromatic rings. The third-order valence-electron chi connectivity index (χ3n) is 4.56. The minimum atomic E-state index is -0.00679. The van der Waals surface area contributed by atoms with Crippen molar-refractivity contribution in [2.45, 2.75) is 39.2 Å². The number of para-hydroxylation sites is 1. The van der Waals surface area contributed by atoms with Gasteiger partial charge in [0.1, 0.15) is 5.69 Å². The van der Waals surface area contributed by atoms with E-state index in [1.54, 1.807) is 4.80 Å². The molecule has 3 rings (SSSR count). The molecule has 0 saturated heterocycles. The van der Waals surface area contributed by atoms with E-state index >= 15 is 0 Å². The van der Waals surface area contributed by atoms with Gasteiger partial charge in [-0.3, -0.25) is 0 Å². The SMILES string of the molecule is CC1CC(C)CC(C(N)c2cnn(-c3ccccc3)n2)C1. The van der Waals surface area contributed by atoms with E-state index in [0.29, 0.717) is 5.92 Å². The van der Waals surface area contributed by atoms with Gasteiger partial charge in [-0.15, -0.1) is 0 Å². The van der Waals surface area contributed by atoms with Crippen LogP contribution in [0, 0.1) is 17.8 Å². The molecule has 21 heavy (non-hydrogen) atoms.